The van der Waals surface area contributed by atoms with Gasteiger partial charge >= 0.3 is 0 Å². The number of piperidine rings is 1. The second-order valence-corrected chi connectivity index (χ2v) is 4.55. The third-order valence-electron chi connectivity index (χ3n) is 2.98. The fourth-order valence-electron chi connectivity index (χ4n) is 2.13. The Morgan fingerprint density at radius 2 is 2.22 bits per heavy atom. The average molecular weight is 273 g/mol. The van der Waals surface area contributed by atoms with Gasteiger partial charge in [-0.3, -0.25) is 4.79 Å². The maximum Gasteiger partial charge on any atom is 0.228 e. The highest BCUT2D eigenvalue weighted by Gasteiger charge is 2.20. The highest BCUT2D eigenvalue weighted by atomic mass is 35.5. The highest BCUT2D eigenvalue weighted by Crippen LogP contribution is 2.16. The molecule has 18 heavy (non-hydrogen) atoms. The van der Waals surface area contributed by atoms with Crippen molar-refractivity contribution in [3.63, 3.8) is 0 Å². The molecule has 0 aliphatic carbocycles. The molecule has 1 aliphatic rings. The molecule has 0 bridgehead atoms. The monoisotopic (exact) mass is 272 g/mol. The maximum absolute atomic E-state index is 13.2. The number of hydrogen-bond donors (Lipinski definition) is 2. The molecule has 1 saturated heterocycles. The largest absolute Gasteiger partial charge is 0.326 e. The summed E-state index contributed by atoms with van der Waals surface area (Å²) in [6.07, 6.45) is 1.91. The van der Waals surface area contributed by atoms with Gasteiger partial charge in [0.25, 0.3) is 0 Å². The highest BCUT2D eigenvalue weighted by molar-refractivity contribution is 5.92. The van der Waals surface area contributed by atoms with Gasteiger partial charge < -0.3 is 10.6 Å². The third-order valence-corrected chi connectivity index (χ3v) is 2.98. The van der Waals surface area contributed by atoms with E-state index < -0.39 is 0 Å². The van der Waals surface area contributed by atoms with E-state index in [0.717, 1.165) is 24.9 Å². The lowest BCUT2D eigenvalue weighted by molar-refractivity contribution is -0.120. The van der Waals surface area contributed by atoms with Gasteiger partial charge in [-0.05, 0) is 50.1 Å². The van der Waals surface area contributed by atoms with Gasteiger partial charge in [0.05, 0.1) is 5.92 Å². The molecule has 0 spiro atoms. The molecule has 2 N–H and O–H groups in total. The van der Waals surface area contributed by atoms with Crippen LogP contribution in [0, 0.1) is 18.7 Å². The molecule has 0 unspecified atom stereocenters. The molecule has 0 aromatic heterocycles. The number of amides is 1. The van der Waals surface area contributed by atoms with E-state index >= 15 is 0 Å². The number of benzene rings is 1. The summed E-state index contributed by atoms with van der Waals surface area (Å²) in [5.41, 5.74) is 1.35. The smallest absolute Gasteiger partial charge is 0.228 e. The van der Waals surface area contributed by atoms with Crippen molar-refractivity contribution < 1.29 is 9.18 Å². The van der Waals surface area contributed by atoms with E-state index in [4.69, 9.17) is 0 Å². The second-order valence-electron chi connectivity index (χ2n) is 4.55. The zero-order chi connectivity index (χ0) is 12.3. The van der Waals surface area contributed by atoms with Crippen LogP contribution in [0.5, 0.6) is 0 Å². The summed E-state index contributed by atoms with van der Waals surface area (Å²) < 4.78 is 13.2. The van der Waals surface area contributed by atoms with Gasteiger partial charge in [-0.25, -0.2) is 4.39 Å². The van der Waals surface area contributed by atoms with Crippen LogP contribution in [0.15, 0.2) is 18.2 Å². The van der Waals surface area contributed by atoms with Crippen LogP contribution in [0.25, 0.3) is 0 Å². The summed E-state index contributed by atoms with van der Waals surface area (Å²) in [5, 5.41) is 5.96. The molecule has 0 radical (unpaired) electrons. The number of hydrogen-bond acceptors (Lipinski definition) is 2. The van der Waals surface area contributed by atoms with Crippen molar-refractivity contribution in [2.24, 2.45) is 5.92 Å². The van der Waals surface area contributed by atoms with E-state index in [2.05, 4.69) is 10.6 Å². The van der Waals surface area contributed by atoms with Gasteiger partial charge in [0.1, 0.15) is 5.82 Å². The van der Waals surface area contributed by atoms with Crippen molar-refractivity contribution in [3.8, 4) is 0 Å². The molecular weight excluding hydrogens is 255 g/mol. The van der Waals surface area contributed by atoms with Gasteiger partial charge in [-0.15, -0.1) is 12.4 Å². The molecule has 5 heteroatoms. The molecule has 1 aromatic rings. The van der Waals surface area contributed by atoms with Crippen molar-refractivity contribution in [3.05, 3.63) is 29.6 Å². The van der Waals surface area contributed by atoms with Crippen LogP contribution in [-0.4, -0.2) is 19.0 Å². The number of carbonyl (C=O) groups is 1. The number of carbonyl (C=O) groups excluding carboxylic acids is 1. The fraction of sp³-hybridized carbons (Fsp3) is 0.462. The minimum absolute atomic E-state index is 0. The van der Waals surface area contributed by atoms with Crippen LogP contribution in [0.2, 0.25) is 0 Å². The lowest BCUT2D eigenvalue weighted by Gasteiger charge is -2.21. The molecule has 1 amide bonds. The van der Waals surface area contributed by atoms with Crippen molar-refractivity contribution in [1.29, 1.82) is 0 Å². The first kappa shape index (κ1) is 14.9. The maximum atomic E-state index is 13.2. The lowest BCUT2D eigenvalue weighted by atomic mass is 9.99. The molecule has 1 heterocycles. The van der Waals surface area contributed by atoms with Gasteiger partial charge in [0.15, 0.2) is 0 Å². The summed E-state index contributed by atoms with van der Waals surface area (Å²) >= 11 is 0. The van der Waals surface area contributed by atoms with Crippen molar-refractivity contribution in [1.82, 2.24) is 5.32 Å². The van der Waals surface area contributed by atoms with Crippen LogP contribution in [0.3, 0.4) is 0 Å². The second kappa shape index (κ2) is 6.71. The minimum Gasteiger partial charge on any atom is -0.326 e. The van der Waals surface area contributed by atoms with Gasteiger partial charge in [0, 0.05) is 12.2 Å². The van der Waals surface area contributed by atoms with E-state index in [1.165, 1.54) is 12.1 Å². The third kappa shape index (κ3) is 3.96. The summed E-state index contributed by atoms with van der Waals surface area (Å²) in [4.78, 5) is 11.9. The molecule has 1 aromatic carbocycles. The Labute approximate surface area is 113 Å². The van der Waals surface area contributed by atoms with E-state index in [1.807, 2.05) is 0 Å². The Morgan fingerprint density at radius 1 is 1.44 bits per heavy atom. The lowest BCUT2D eigenvalue weighted by Crippen LogP contribution is -2.37. The van der Waals surface area contributed by atoms with Crippen molar-refractivity contribution in [2.75, 3.05) is 18.4 Å². The normalized spacial score (nSPS) is 18.9. The molecule has 100 valence electrons. The van der Waals surface area contributed by atoms with E-state index in [0.29, 0.717) is 12.2 Å². The zero-order valence-corrected chi connectivity index (χ0v) is 11.1. The van der Waals surface area contributed by atoms with Crippen molar-refractivity contribution >= 4 is 24.0 Å². The Hall–Kier alpha value is -1.13. The van der Waals surface area contributed by atoms with E-state index in [1.54, 1.807) is 13.0 Å². The summed E-state index contributed by atoms with van der Waals surface area (Å²) in [6, 6.07) is 4.57. The summed E-state index contributed by atoms with van der Waals surface area (Å²) in [5.74, 6) is -0.350. The molecule has 1 atom stereocenters. The Balaban J connectivity index is 0.00000162. The number of rotatable bonds is 2. The molecule has 2 rings (SSSR count). The Morgan fingerprint density at radius 3 is 2.83 bits per heavy atom. The minimum atomic E-state index is -0.318. The van der Waals surface area contributed by atoms with Gasteiger partial charge in [0.2, 0.25) is 5.91 Å². The zero-order valence-electron chi connectivity index (χ0n) is 10.3. The predicted molar refractivity (Wildman–Crippen MR) is 72.6 cm³/mol. The van der Waals surface area contributed by atoms with Crippen LogP contribution in [0.4, 0.5) is 10.1 Å². The fourth-order valence-corrected chi connectivity index (χ4v) is 2.13. The average Bonchev–Trinajstić information content (AvgIpc) is 2.28. The SMILES string of the molecule is Cc1cc(F)cc(NC(=O)[C@@H]2CCCNC2)c1.Cl. The van der Waals surface area contributed by atoms with Crippen LogP contribution >= 0.6 is 12.4 Å². The topological polar surface area (TPSA) is 41.1 Å². The number of halogens is 2. The molecule has 1 fully saturated rings. The first-order valence-corrected chi connectivity index (χ1v) is 5.94. The number of aryl methyl sites for hydroxylation is 1. The van der Waals surface area contributed by atoms with Gasteiger partial charge in [-0.1, -0.05) is 0 Å². The van der Waals surface area contributed by atoms with Gasteiger partial charge in [-0.2, -0.15) is 0 Å². The molecule has 1 aliphatic heterocycles. The first-order chi connectivity index (χ1) is 8.15. The molecular formula is C13H18ClFN2O. The predicted octanol–water partition coefficient (Wildman–Crippen LogP) is 2.49. The Bertz CT molecular complexity index is 399. The molecule has 3 nitrogen and oxygen atoms in total. The van der Waals surface area contributed by atoms with Crippen LogP contribution in [-0.2, 0) is 4.79 Å². The first-order valence-electron chi connectivity index (χ1n) is 5.94. The van der Waals surface area contributed by atoms with Crippen LogP contribution in [0.1, 0.15) is 18.4 Å². The van der Waals surface area contributed by atoms with E-state index in [9.17, 15) is 9.18 Å². The molecule has 0 saturated carbocycles. The quantitative estimate of drug-likeness (QED) is 0.869. The van der Waals surface area contributed by atoms with E-state index in [-0.39, 0.29) is 30.0 Å². The summed E-state index contributed by atoms with van der Waals surface area (Å²) in [7, 11) is 0. The number of anilines is 1. The Kier molecular flexibility index (Phi) is 5.56. The standard InChI is InChI=1S/C13H17FN2O.ClH/c1-9-5-11(14)7-12(6-9)16-13(17)10-3-2-4-15-8-10;/h5-7,10,15H,2-4,8H2,1H3,(H,16,17);1H/t10-;/m1./s1. The van der Waals surface area contributed by atoms with Crippen molar-refractivity contribution in [2.45, 2.75) is 19.8 Å². The van der Waals surface area contributed by atoms with Crippen LogP contribution < -0.4 is 10.6 Å². The summed E-state index contributed by atoms with van der Waals surface area (Å²) in [6.45, 7) is 3.49. The number of nitrogens with one attached hydrogen (secondary N) is 2.